The van der Waals surface area contributed by atoms with Crippen molar-refractivity contribution in [3.8, 4) is 17.2 Å². The number of ketones is 2. The van der Waals surface area contributed by atoms with Gasteiger partial charge >= 0.3 is 0 Å². The maximum absolute atomic E-state index is 14.1. The van der Waals surface area contributed by atoms with Gasteiger partial charge in [0.15, 0.2) is 22.9 Å². The molecule has 6 atom stereocenters. The molecule has 1 amide bonds. The molecule has 13 heteroatoms. The molecule has 2 fully saturated rings. The number of aromatic hydroxyl groups is 3. The Kier molecular flexibility index (Phi) is 7.31. The largest absolute Gasteiger partial charge is 0.507 e. The van der Waals surface area contributed by atoms with Crippen molar-refractivity contribution >= 4 is 34.6 Å². The van der Waals surface area contributed by atoms with Crippen LogP contribution >= 0.6 is 0 Å². The van der Waals surface area contributed by atoms with Crippen LogP contribution in [0.5, 0.6) is 17.2 Å². The molecule has 230 valence electrons. The monoisotopic (exact) mass is 596 g/mol. The molecule has 2 aromatic carbocycles. The van der Waals surface area contributed by atoms with Crippen LogP contribution in [0.4, 0.5) is 11.4 Å². The number of aliphatic hydroxyl groups is 3. The van der Waals surface area contributed by atoms with Crippen molar-refractivity contribution in [2.75, 3.05) is 38.4 Å². The number of anilines is 2. The molecule has 0 aromatic heterocycles. The number of rotatable bonds is 6. The van der Waals surface area contributed by atoms with Crippen LogP contribution in [-0.2, 0) is 27.3 Å². The summed E-state index contributed by atoms with van der Waals surface area (Å²) in [5, 5.41) is 68.3. The summed E-state index contributed by atoms with van der Waals surface area (Å²) in [6.45, 7) is 0.116. The molecule has 0 bridgehead atoms. The zero-order valence-corrected chi connectivity index (χ0v) is 24.2. The van der Waals surface area contributed by atoms with Crippen molar-refractivity contribution in [3.05, 3.63) is 46.5 Å². The molecule has 3 aliphatic carbocycles. The van der Waals surface area contributed by atoms with Gasteiger partial charge in [0.25, 0.3) is 0 Å². The number of carbonyl (C=O) groups excluding carboxylic acids is 3. The molecule has 0 heterocycles. The van der Waals surface area contributed by atoms with E-state index in [4.69, 9.17) is 5.73 Å². The highest BCUT2D eigenvalue weighted by Crippen LogP contribution is 2.54. The van der Waals surface area contributed by atoms with Gasteiger partial charge in [-0.2, -0.15) is 0 Å². The first kappa shape index (κ1) is 30.1. The van der Waals surface area contributed by atoms with E-state index < -0.39 is 58.7 Å². The van der Waals surface area contributed by atoms with E-state index in [1.165, 1.54) is 12.1 Å². The number of likely N-dealkylation sites (N-methyl/N-ethyl adjacent to an activating group) is 1. The third kappa shape index (κ3) is 4.46. The second-order valence-electron chi connectivity index (χ2n) is 12.0. The summed E-state index contributed by atoms with van der Waals surface area (Å²) >= 11 is 0. The van der Waals surface area contributed by atoms with Crippen molar-refractivity contribution in [2.45, 2.75) is 37.1 Å². The molecule has 0 aliphatic heterocycles. The maximum Gasteiger partial charge on any atom is 0.230 e. The molecule has 43 heavy (non-hydrogen) atoms. The Hall–Kier alpha value is -4.33. The van der Waals surface area contributed by atoms with E-state index >= 15 is 0 Å². The molecule has 0 spiro atoms. The van der Waals surface area contributed by atoms with Gasteiger partial charge in [0.05, 0.1) is 17.4 Å². The fraction of sp³-hybridized carbons (Fsp3) is 0.433. The lowest BCUT2D eigenvalue weighted by Crippen LogP contribution is -2.73. The van der Waals surface area contributed by atoms with Crippen LogP contribution in [0, 0.1) is 17.8 Å². The lowest BCUT2D eigenvalue weighted by atomic mass is 9.54. The minimum Gasteiger partial charge on any atom is -0.507 e. The van der Waals surface area contributed by atoms with Crippen LogP contribution in [0.1, 0.15) is 23.1 Å². The number of hydrogen-bond acceptors (Lipinski definition) is 12. The topological polar surface area (TPSA) is 217 Å². The van der Waals surface area contributed by atoms with Gasteiger partial charge in [-0.3, -0.25) is 14.4 Å². The highest BCUT2D eigenvalue weighted by Gasteiger charge is 2.67. The number of amides is 1. The predicted octanol–water partition coefficient (Wildman–Crippen LogP) is 0.218. The normalized spacial score (nSPS) is 28.3. The van der Waals surface area contributed by atoms with E-state index in [9.17, 15) is 45.0 Å². The van der Waals surface area contributed by atoms with Gasteiger partial charge < -0.3 is 51.5 Å². The zero-order valence-electron chi connectivity index (χ0n) is 24.2. The molecule has 0 radical (unpaired) electrons. The number of nitrogens with one attached hydrogen (secondary N) is 1. The van der Waals surface area contributed by atoms with Crippen LogP contribution in [0.15, 0.2) is 29.8 Å². The Morgan fingerprint density at radius 1 is 1.07 bits per heavy atom. The Bertz CT molecular complexity index is 1570. The summed E-state index contributed by atoms with van der Waals surface area (Å²) < 4.78 is 0. The number of carbonyl (C=O) groups is 3. The van der Waals surface area contributed by atoms with E-state index in [-0.39, 0.29) is 53.5 Å². The molecular weight excluding hydrogens is 560 g/mol. The van der Waals surface area contributed by atoms with E-state index in [0.717, 1.165) is 0 Å². The second kappa shape index (κ2) is 10.4. The van der Waals surface area contributed by atoms with E-state index in [1.807, 2.05) is 0 Å². The Balaban J connectivity index is 1.63. The van der Waals surface area contributed by atoms with Gasteiger partial charge in [-0.05, 0) is 62.2 Å². The van der Waals surface area contributed by atoms with Crippen molar-refractivity contribution < 1.29 is 45.0 Å². The molecule has 2 saturated carbocycles. The Morgan fingerprint density at radius 3 is 2.33 bits per heavy atom. The lowest BCUT2D eigenvalue weighted by Gasteiger charge is -2.53. The fourth-order valence-corrected chi connectivity index (χ4v) is 7.06. The number of hydrogen-bond donors (Lipinski definition) is 8. The molecule has 5 rings (SSSR count). The smallest absolute Gasteiger partial charge is 0.230 e. The average Bonchev–Trinajstić information content (AvgIpc) is 2.91. The summed E-state index contributed by atoms with van der Waals surface area (Å²) in [7, 11) is 6.75. The third-order valence-corrected chi connectivity index (χ3v) is 9.07. The summed E-state index contributed by atoms with van der Waals surface area (Å²) in [4.78, 5) is 43.2. The van der Waals surface area contributed by atoms with Crippen LogP contribution in [0.3, 0.4) is 0 Å². The number of nitrogens with two attached hydrogens (primary N) is 1. The van der Waals surface area contributed by atoms with Crippen LogP contribution in [0.25, 0.3) is 5.76 Å². The van der Waals surface area contributed by atoms with E-state index in [1.54, 1.807) is 50.1 Å². The zero-order chi connectivity index (χ0) is 31.7. The number of nitrogens with zero attached hydrogens (tertiary/aromatic N) is 2. The van der Waals surface area contributed by atoms with Crippen LogP contribution < -0.4 is 16.0 Å². The number of aliphatic hydroxyl groups excluding tert-OH is 2. The van der Waals surface area contributed by atoms with Gasteiger partial charge in [-0.15, -0.1) is 0 Å². The van der Waals surface area contributed by atoms with Gasteiger partial charge in [0, 0.05) is 43.9 Å². The van der Waals surface area contributed by atoms with Crippen LogP contribution in [0.2, 0.25) is 0 Å². The molecule has 13 nitrogen and oxygen atoms in total. The Morgan fingerprint density at radius 2 is 1.74 bits per heavy atom. The summed E-state index contributed by atoms with van der Waals surface area (Å²) in [6.07, 6.45) is -1.36. The average molecular weight is 597 g/mol. The third-order valence-electron chi connectivity index (χ3n) is 9.07. The number of Topliss-reactive ketones (excluding diaryl/α,β-unsaturated/α-hetero) is 2. The van der Waals surface area contributed by atoms with Crippen molar-refractivity contribution in [1.82, 2.24) is 4.90 Å². The van der Waals surface area contributed by atoms with Gasteiger partial charge in [-0.25, -0.2) is 0 Å². The number of fused-ring (bicyclic) bond motifs is 3. The van der Waals surface area contributed by atoms with Gasteiger partial charge in [0.2, 0.25) is 11.7 Å². The lowest BCUT2D eigenvalue weighted by molar-refractivity contribution is -0.184. The van der Waals surface area contributed by atoms with Crippen molar-refractivity contribution in [3.63, 3.8) is 0 Å². The second-order valence-corrected chi connectivity index (χ2v) is 12.0. The van der Waals surface area contributed by atoms with Crippen molar-refractivity contribution in [2.24, 2.45) is 23.5 Å². The minimum atomic E-state index is -2.73. The quantitative estimate of drug-likeness (QED) is 0.166. The molecule has 3 aliphatic rings. The van der Waals surface area contributed by atoms with Crippen LogP contribution in [-0.4, -0.2) is 99.0 Å². The molecule has 2 aromatic rings. The van der Waals surface area contributed by atoms with E-state index in [0.29, 0.717) is 16.8 Å². The first-order valence-electron chi connectivity index (χ1n) is 13.8. The number of primary amides is 1. The minimum absolute atomic E-state index is 0.0240. The summed E-state index contributed by atoms with van der Waals surface area (Å²) in [6, 6.07) is 4.96. The number of phenolic OH excluding ortho intramolecular Hbond substituents is 3. The SMILES string of the molecule is CN(C)c1cc(NCc2ccc(O)c(O)c2)c(O)c2c1C[C@H]1C[C@H]3[C@H](N(C)C)C(O)C(C(N)=O)C(=O)[C@@]3(O)C(=O)C1=C2O. The molecule has 2 unspecified atom stereocenters. The van der Waals surface area contributed by atoms with E-state index in [2.05, 4.69) is 5.32 Å². The highest BCUT2D eigenvalue weighted by molar-refractivity contribution is 6.25. The number of benzene rings is 2. The molecule has 9 N–H and O–H groups in total. The molecular formula is C30H36N4O9. The first-order valence-corrected chi connectivity index (χ1v) is 13.8. The van der Waals surface area contributed by atoms with Gasteiger partial charge in [-0.1, -0.05) is 6.07 Å². The summed E-state index contributed by atoms with van der Waals surface area (Å²) in [5.74, 6) is -8.65. The maximum atomic E-state index is 14.1. The first-order chi connectivity index (χ1) is 20.1. The fourth-order valence-electron chi connectivity index (χ4n) is 7.06. The number of phenols is 3. The van der Waals surface area contributed by atoms with Crippen molar-refractivity contribution in [1.29, 1.82) is 0 Å². The predicted molar refractivity (Wildman–Crippen MR) is 156 cm³/mol. The Labute approximate surface area is 247 Å². The highest BCUT2D eigenvalue weighted by atomic mass is 16.3. The van der Waals surface area contributed by atoms with Gasteiger partial charge in [0.1, 0.15) is 17.4 Å². The summed E-state index contributed by atoms with van der Waals surface area (Å²) in [5.41, 5.74) is 4.36. The molecule has 0 saturated heterocycles. The standard InChI is InChI=1S/C30H36N4O9/c1-33(2)17-10-16(32-11-12-5-6-18(35)19(36)7-12)24(37)21-14(17)8-13-9-15-23(34(3)4)26(39)22(29(31)42)28(41)30(15,43)27(40)20(13)25(21)38/h5-7,10,13,15,22-23,26,32,35-39,43H,8-9,11H2,1-4H3,(H2,31,42)/t13-,15-,22?,23-,26?,30-/m0/s1.